The maximum absolute atomic E-state index is 13.9. The van der Waals surface area contributed by atoms with Gasteiger partial charge >= 0.3 is 6.03 Å². The fourth-order valence-electron chi connectivity index (χ4n) is 5.89. The van der Waals surface area contributed by atoms with Gasteiger partial charge in [-0.2, -0.15) is 5.10 Å². The molecule has 3 aliphatic heterocycles. The summed E-state index contributed by atoms with van der Waals surface area (Å²) < 4.78 is 10.7. The average molecular weight is 526 g/mol. The average Bonchev–Trinajstić information content (AvgIpc) is 3.43. The summed E-state index contributed by atoms with van der Waals surface area (Å²) in [5.41, 5.74) is 1.28. The number of methoxy groups -OCH3 is 1. The molecule has 2 saturated heterocycles. The molecule has 0 aliphatic carbocycles. The highest BCUT2D eigenvalue weighted by Crippen LogP contribution is 2.41. The Morgan fingerprint density at radius 2 is 1.95 bits per heavy atom. The molecule has 3 amide bonds. The number of hydrogen-bond donors (Lipinski definition) is 2. The number of aromatic amines is 1. The van der Waals surface area contributed by atoms with Gasteiger partial charge in [-0.05, 0) is 52.5 Å². The third-order valence-corrected chi connectivity index (χ3v) is 8.29. The van der Waals surface area contributed by atoms with Crippen molar-refractivity contribution in [1.82, 2.24) is 29.9 Å². The van der Waals surface area contributed by atoms with E-state index >= 15 is 0 Å². The highest BCUT2D eigenvalue weighted by Gasteiger charge is 2.47. The van der Waals surface area contributed by atoms with Crippen LogP contribution in [-0.4, -0.2) is 93.9 Å². The minimum atomic E-state index is -0.598. The number of carbonyl (C=O) groups excluding carboxylic acids is 2. The zero-order valence-corrected chi connectivity index (χ0v) is 23.0. The van der Waals surface area contributed by atoms with E-state index in [9.17, 15) is 9.59 Å². The predicted octanol–water partition coefficient (Wildman–Crippen LogP) is 3.06. The Balaban J connectivity index is 1.27. The molecule has 3 aliphatic rings. The summed E-state index contributed by atoms with van der Waals surface area (Å²) >= 11 is 0. The number of pyridine rings is 1. The Hall–Kier alpha value is -3.18. The highest BCUT2D eigenvalue weighted by atomic mass is 16.5. The number of hydrogen-bond acceptors (Lipinski definition) is 7. The third kappa shape index (κ3) is 4.96. The fraction of sp³-hybridized carbons (Fsp3) is 0.630. The quantitative estimate of drug-likeness (QED) is 0.616. The molecule has 2 fully saturated rings. The predicted molar refractivity (Wildman–Crippen MR) is 142 cm³/mol. The number of ether oxygens (including phenoxy) is 2. The van der Waals surface area contributed by atoms with Crippen LogP contribution in [0.15, 0.2) is 18.2 Å². The number of H-pyrrole nitrogens is 1. The van der Waals surface area contributed by atoms with Crippen molar-refractivity contribution in [2.45, 2.75) is 64.7 Å². The minimum absolute atomic E-state index is 0.0106. The van der Waals surface area contributed by atoms with Crippen molar-refractivity contribution in [1.29, 1.82) is 0 Å². The molecule has 5 heterocycles. The first-order chi connectivity index (χ1) is 18.2. The van der Waals surface area contributed by atoms with Gasteiger partial charge in [-0.1, -0.05) is 6.07 Å². The van der Waals surface area contributed by atoms with E-state index in [-0.39, 0.29) is 29.7 Å². The molecule has 5 rings (SSSR count). The smallest absolute Gasteiger partial charge is 0.321 e. The van der Waals surface area contributed by atoms with E-state index in [0.29, 0.717) is 30.7 Å². The number of amides is 3. The first-order valence-electron chi connectivity index (χ1n) is 13.5. The molecular formula is C27H39N7O4. The lowest BCUT2D eigenvalue weighted by atomic mass is 9.97. The number of piperazine rings is 1. The van der Waals surface area contributed by atoms with Gasteiger partial charge in [-0.25, -0.2) is 9.78 Å². The molecule has 0 radical (unpaired) electrons. The van der Waals surface area contributed by atoms with Gasteiger partial charge in [0.1, 0.15) is 5.69 Å². The van der Waals surface area contributed by atoms with Gasteiger partial charge in [-0.15, -0.1) is 0 Å². The maximum atomic E-state index is 13.9. The van der Waals surface area contributed by atoms with E-state index in [1.807, 2.05) is 23.6 Å². The van der Waals surface area contributed by atoms with Crippen LogP contribution in [0.3, 0.4) is 0 Å². The van der Waals surface area contributed by atoms with Crippen LogP contribution in [-0.2, 0) is 16.8 Å². The third-order valence-electron chi connectivity index (χ3n) is 8.29. The number of rotatable bonds is 5. The van der Waals surface area contributed by atoms with Gasteiger partial charge < -0.3 is 24.6 Å². The van der Waals surface area contributed by atoms with Gasteiger partial charge in [0.25, 0.3) is 5.91 Å². The second kappa shape index (κ2) is 10.5. The van der Waals surface area contributed by atoms with Gasteiger partial charge in [0.05, 0.1) is 24.9 Å². The molecule has 0 bridgehead atoms. The molecular weight excluding hydrogens is 486 g/mol. The van der Waals surface area contributed by atoms with Crippen molar-refractivity contribution in [3.8, 4) is 5.88 Å². The highest BCUT2D eigenvalue weighted by molar-refractivity contribution is 6.03. The summed E-state index contributed by atoms with van der Waals surface area (Å²) in [4.78, 5) is 37.4. The van der Waals surface area contributed by atoms with E-state index in [4.69, 9.17) is 9.47 Å². The monoisotopic (exact) mass is 525 g/mol. The van der Waals surface area contributed by atoms with Crippen LogP contribution in [0.5, 0.6) is 5.88 Å². The van der Waals surface area contributed by atoms with Crippen molar-refractivity contribution < 1.29 is 19.1 Å². The van der Waals surface area contributed by atoms with Crippen molar-refractivity contribution in [2.24, 2.45) is 5.92 Å². The number of nitrogens with one attached hydrogen (secondary N) is 2. The van der Waals surface area contributed by atoms with Gasteiger partial charge in [0.2, 0.25) is 5.88 Å². The Morgan fingerprint density at radius 3 is 2.68 bits per heavy atom. The van der Waals surface area contributed by atoms with Crippen LogP contribution in [0.4, 0.5) is 10.6 Å². The Kier molecular flexibility index (Phi) is 7.32. The van der Waals surface area contributed by atoms with E-state index in [2.05, 4.69) is 39.2 Å². The van der Waals surface area contributed by atoms with Gasteiger partial charge in [0, 0.05) is 56.6 Å². The zero-order chi connectivity index (χ0) is 27.0. The van der Waals surface area contributed by atoms with Crippen molar-refractivity contribution in [3.05, 3.63) is 35.2 Å². The van der Waals surface area contributed by atoms with Gasteiger partial charge in [-0.3, -0.25) is 14.8 Å². The molecule has 206 valence electrons. The summed E-state index contributed by atoms with van der Waals surface area (Å²) in [5, 5.41) is 10.3. The molecule has 2 N–H and O–H groups in total. The SMILES string of the molecule is COc1cccc(C(=O)Nc2n[nH]c3c2CN(C(=O)N2C[C@@H](C)N(CC4CCOCC4)C[C@@H]2C)C3(C)C)n1. The molecule has 0 saturated carbocycles. The number of fused-ring (bicyclic) bond motifs is 1. The second-order valence-corrected chi connectivity index (χ2v) is 11.2. The number of aromatic nitrogens is 3. The number of carbonyl (C=O) groups is 2. The first-order valence-corrected chi connectivity index (χ1v) is 13.5. The van der Waals surface area contributed by atoms with Crippen LogP contribution in [0.1, 0.15) is 62.3 Å². The second-order valence-electron chi connectivity index (χ2n) is 11.2. The van der Waals surface area contributed by atoms with Crippen LogP contribution in [0.25, 0.3) is 0 Å². The zero-order valence-electron chi connectivity index (χ0n) is 23.0. The molecule has 2 aromatic heterocycles. The van der Waals surface area contributed by atoms with E-state index in [1.54, 1.807) is 18.2 Å². The van der Waals surface area contributed by atoms with E-state index < -0.39 is 5.54 Å². The lowest BCUT2D eigenvalue weighted by Crippen LogP contribution is -2.62. The molecule has 0 unspecified atom stereocenters. The molecule has 11 nitrogen and oxygen atoms in total. The molecule has 2 aromatic rings. The first kappa shape index (κ1) is 26.4. The molecule has 0 spiro atoms. The maximum Gasteiger partial charge on any atom is 0.321 e. The number of urea groups is 1. The normalized spacial score (nSPS) is 23.8. The standard InChI is InChI=1S/C27H39N7O4/c1-17-14-33(18(2)13-32(17)15-19-9-11-38-12-10-19)26(36)34-16-20-23(27(34,3)4)30-31-24(20)29-25(35)21-7-6-8-22(28-21)37-5/h6-8,17-19H,9-16H2,1-5H3,(H2,29,30,31,35)/t17-,18+/m1/s1. The summed E-state index contributed by atoms with van der Waals surface area (Å²) in [6.07, 6.45) is 2.22. The summed E-state index contributed by atoms with van der Waals surface area (Å²) in [5.74, 6) is 1.06. The largest absolute Gasteiger partial charge is 0.481 e. The minimum Gasteiger partial charge on any atom is -0.481 e. The topological polar surface area (TPSA) is 116 Å². The van der Waals surface area contributed by atoms with E-state index in [0.717, 1.165) is 50.4 Å². The lowest BCUT2D eigenvalue weighted by molar-refractivity contribution is 0.00882. The van der Waals surface area contributed by atoms with Crippen molar-refractivity contribution in [2.75, 3.05) is 45.3 Å². The molecule has 11 heteroatoms. The summed E-state index contributed by atoms with van der Waals surface area (Å²) in [6, 6.07) is 5.41. The van der Waals surface area contributed by atoms with Crippen molar-refractivity contribution >= 4 is 17.8 Å². The van der Waals surface area contributed by atoms with Crippen LogP contribution in [0, 0.1) is 5.92 Å². The van der Waals surface area contributed by atoms with Crippen molar-refractivity contribution in [3.63, 3.8) is 0 Å². The molecule has 38 heavy (non-hydrogen) atoms. The molecule has 0 aromatic carbocycles. The van der Waals surface area contributed by atoms with Crippen LogP contribution >= 0.6 is 0 Å². The Labute approximate surface area is 223 Å². The van der Waals surface area contributed by atoms with E-state index in [1.165, 1.54) is 7.11 Å². The Morgan fingerprint density at radius 1 is 1.18 bits per heavy atom. The van der Waals surface area contributed by atoms with Crippen LogP contribution < -0.4 is 10.1 Å². The molecule has 2 atom stereocenters. The lowest BCUT2D eigenvalue weighted by Gasteiger charge is -2.47. The van der Waals surface area contributed by atoms with Gasteiger partial charge in [0.15, 0.2) is 5.82 Å². The van der Waals surface area contributed by atoms with Crippen LogP contribution in [0.2, 0.25) is 0 Å². The number of anilines is 1. The fourth-order valence-corrected chi connectivity index (χ4v) is 5.89. The summed E-state index contributed by atoms with van der Waals surface area (Å²) in [6.45, 7) is 13.1. The Bertz CT molecular complexity index is 1180. The summed E-state index contributed by atoms with van der Waals surface area (Å²) in [7, 11) is 1.51. The number of nitrogens with zero attached hydrogens (tertiary/aromatic N) is 5.